The van der Waals surface area contributed by atoms with Crippen LogP contribution in [0.1, 0.15) is 19.4 Å². The highest BCUT2D eigenvalue weighted by molar-refractivity contribution is 5.89. The lowest BCUT2D eigenvalue weighted by Gasteiger charge is -2.29. The van der Waals surface area contributed by atoms with Crippen molar-refractivity contribution >= 4 is 16.8 Å². The van der Waals surface area contributed by atoms with Gasteiger partial charge in [-0.2, -0.15) is 0 Å². The number of benzene rings is 1. The molecule has 0 radical (unpaired) electrons. The van der Waals surface area contributed by atoms with Crippen molar-refractivity contribution < 1.29 is 14.3 Å². The highest BCUT2D eigenvalue weighted by Gasteiger charge is 2.24. The third-order valence-corrected chi connectivity index (χ3v) is 4.28. The Morgan fingerprint density at radius 3 is 2.83 bits per heavy atom. The summed E-state index contributed by atoms with van der Waals surface area (Å²) in [5.74, 6) is 0.690. The first-order chi connectivity index (χ1) is 11.6. The first kappa shape index (κ1) is 16.8. The third-order valence-electron chi connectivity index (χ3n) is 4.28. The molecule has 3 rings (SSSR count). The fourth-order valence-corrected chi connectivity index (χ4v) is 3.08. The normalized spacial score (nSPS) is 17.7. The minimum atomic E-state index is -0.533. The molecule has 2 aromatic rings. The molecule has 1 aliphatic rings. The highest BCUT2D eigenvalue weighted by Crippen LogP contribution is 2.28. The number of aromatic amines is 1. The van der Waals surface area contributed by atoms with Crippen LogP contribution in [0, 0.1) is 0 Å². The molecule has 0 spiro atoms. The Balaban J connectivity index is 1.77. The van der Waals surface area contributed by atoms with Gasteiger partial charge in [-0.25, -0.2) is 0 Å². The Kier molecular flexibility index (Phi) is 5.06. The minimum absolute atomic E-state index is 0.00216. The van der Waals surface area contributed by atoms with Crippen LogP contribution in [0.2, 0.25) is 0 Å². The molecule has 1 saturated heterocycles. The summed E-state index contributed by atoms with van der Waals surface area (Å²) in [7, 11) is 0. The van der Waals surface area contributed by atoms with Crippen molar-refractivity contribution in [2.24, 2.45) is 5.73 Å². The summed E-state index contributed by atoms with van der Waals surface area (Å²) in [6.45, 7) is 6.21. The van der Waals surface area contributed by atoms with Crippen LogP contribution < -0.4 is 10.5 Å². The van der Waals surface area contributed by atoms with Gasteiger partial charge in [0.15, 0.2) is 6.10 Å². The van der Waals surface area contributed by atoms with Gasteiger partial charge in [-0.15, -0.1) is 0 Å². The average molecular weight is 331 g/mol. The van der Waals surface area contributed by atoms with Crippen molar-refractivity contribution in [2.75, 3.05) is 26.3 Å². The molecule has 6 nitrogen and oxygen atoms in total. The Morgan fingerprint density at radius 2 is 2.12 bits per heavy atom. The summed E-state index contributed by atoms with van der Waals surface area (Å²) in [4.78, 5) is 17.6. The summed E-state index contributed by atoms with van der Waals surface area (Å²) >= 11 is 0. The van der Waals surface area contributed by atoms with E-state index in [0.717, 1.165) is 22.9 Å². The summed E-state index contributed by atoms with van der Waals surface area (Å²) in [5.41, 5.74) is 7.99. The lowest BCUT2D eigenvalue weighted by Crippen LogP contribution is -2.46. The number of H-pyrrole nitrogens is 1. The lowest BCUT2D eigenvalue weighted by molar-refractivity contribution is -0.142. The van der Waals surface area contributed by atoms with E-state index in [1.54, 1.807) is 11.8 Å². The van der Waals surface area contributed by atoms with Crippen LogP contribution in [-0.2, 0) is 16.0 Å². The Hall–Kier alpha value is -2.05. The molecule has 1 aromatic carbocycles. The van der Waals surface area contributed by atoms with Gasteiger partial charge in [-0.1, -0.05) is 12.1 Å². The number of nitrogens with one attached hydrogen (secondary N) is 1. The molecule has 24 heavy (non-hydrogen) atoms. The second kappa shape index (κ2) is 7.23. The molecule has 1 aliphatic heterocycles. The Labute approximate surface area is 141 Å². The van der Waals surface area contributed by atoms with Gasteiger partial charge >= 0.3 is 0 Å². The zero-order valence-electron chi connectivity index (χ0n) is 14.2. The number of hydrogen-bond acceptors (Lipinski definition) is 4. The molecule has 3 N–H and O–H groups in total. The Morgan fingerprint density at radius 1 is 1.38 bits per heavy atom. The number of carbonyl (C=O) groups is 1. The first-order valence-electron chi connectivity index (χ1n) is 8.44. The fraction of sp³-hybridized carbons (Fsp3) is 0.500. The quantitative estimate of drug-likeness (QED) is 0.873. The molecule has 2 atom stereocenters. The van der Waals surface area contributed by atoms with Gasteiger partial charge < -0.3 is 25.1 Å². The zero-order valence-corrected chi connectivity index (χ0v) is 14.2. The molecule has 0 saturated carbocycles. The molecule has 1 aromatic heterocycles. The summed E-state index contributed by atoms with van der Waals surface area (Å²) < 4.78 is 11.3. The van der Waals surface area contributed by atoms with E-state index in [-0.39, 0.29) is 11.9 Å². The van der Waals surface area contributed by atoms with E-state index in [1.807, 2.05) is 31.3 Å². The first-order valence-corrected chi connectivity index (χ1v) is 8.44. The number of nitrogens with zero attached hydrogens (tertiary/aromatic N) is 1. The molecule has 0 aliphatic carbocycles. The number of ether oxygens (including phenoxy) is 2. The van der Waals surface area contributed by atoms with E-state index in [0.29, 0.717) is 32.1 Å². The fourth-order valence-electron chi connectivity index (χ4n) is 3.08. The van der Waals surface area contributed by atoms with Gasteiger partial charge in [-0.05, 0) is 31.9 Å². The summed E-state index contributed by atoms with van der Waals surface area (Å²) in [6, 6.07) is 5.97. The number of amides is 1. The number of aromatic nitrogens is 1. The Bertz CT molecular complexity index is 705. The molecule has 6 heteroatoms. The molecule has 130 valence electrons. The van der Waals surface area contributed by atoms with Crippen LogP contribution in [0.4, 0.5) is 0 Å². The maximum absolute atomic E-state index is 12.5. The van der Waals surface area contributed by atoms with Gasteiger partial charge in [0.05, 0.1) is 18.7 Å². The third kappa shape index (κ3) is 3.55. The van der Waals surface area contributed by atoms with E-state index in [1.165, 1.54) is 0 Å². The monoisotopic (exact) mass is 331 g/mol. The molecule has 1 amide bonds. The minimum Gasteiger partial charge on any atom is -0.479 e. The van der Waals surface area contributed by atoms with Crippen LogP contribution in [0.3, 0.4) is 0 Å². The van der Waals surface area contributed by atoms with E-state index >= 15 is 0 Å². The van der Waals surface area contributed by atoms with E-state index in [9.17, 15) is 4.79 Å². The van der Waals surface area contributed by atoms with Gasteiger partial charge in [-0.3, -0.25) is 4.79 Å². The number of carbonyl (C=O) groups excluding carboxylic acids is 1. The molecule has 0 bridgehead atoms. The number of fused-ring (bicyclic) bond motifs is 1. The van der Waals surface area contributed by atoms with Crippen LogP contribution in [0.15, 0.2) is 24.4 Å². The number of hydrogen-bond donors (Lipinski definition) is 2. The van der Waals surface area contributed by atoms with Crippen molar-refractivity contribution in [1.82, 2.24) is 9.88 Å². The summed E-state index contributed by atoms with van der Waals surface area (Å²) in [5, 5.41) is 1.09. The number of rotatable bonds is 5. The SMILES string of the molecule is C[C@@H](N)Cc1c[nH]c2c(O[C@H](C)C(=O)N3CCOCC3)cccc12. The average Bonchev–Trinajstić information content (AvgIpc) is 2.98. The van der Waals surface area contributed by atoms with Crippen LogP contribution in [0.5, 0.6) is 5.75 Å². The second-order valence-corrected chi connectivity index (χ2v) is 6.37. The molecular weight excluding hydrogens is 306 g/mol. The smallest absolute Gasteiger partial charge is 0.263 e. The van der Waals surface area contributed by atoms with Crippen LogP contribution in [-0.4, -0.2) is 54.2 Å². The van der Waals surface area contributed by atoms with Gasteiger partial charge in [0.1, 0.15) is 5.75 Å². The molecule has 0 unspecified atom stereocenters. The predicted molar refractivity (Wildman–Crippen MR) is 93.1 cm³/mol. The largest absolute Gasteiger partial charge is 0.479 e. The summed E-state index contributed by atoms with van der Waals surface area (Å²) in [6.07, 6.45) is 2.23. The van der Waals surface area contributed by atoms with E-state index < -0.39 is 6.10 Å². The van der Waals surface area contributed by atoms with Crippen molar-refractivity contribution in [2.45, 2.75) is 32.4 Å². The second-order valence-electron chi connectivity index (χ2n) is 6.37. The van der Waals surface area contributed by atoms with Crippen molar-refractivity contribution in [1.29, 1.82) is 0 Å². The van der Waals surface area contributed by atoms with Crippen molar-refractivity contribution in [3.8, 4) is 5.75 Å². The standard InChI is InChI=1S/C18H25N3O3/c1-12(19)10-14-11-20-17-15(14)4-3-5-16(17)24-13(2)18(22)21-6-8-23-9-7-21/h3-5,11-13,20H,6-10,19H2,1-2H3/t12-,13-/m1/s1. The number of morpholine rings is 1. The van der Waals surface area contributed by atoms with Gasteiger partial charge in [0.25, 0.3) is 5.91 Å². The molecule has 1 fully saturated rings. The van der Waals surface area contributed by atoms with E-state index in [4.69, 9.17) is 15.2 Å². The van der Waals surface area contributed by atoms with Gasteiger partial charge in [0, 0.05) is 30.7 Å². The maximum Gasteiger partial charge on any atom is 0.263 e. The van der Waals surface area contributed by atoms with Crippen molar-refractivity contribution in [3.05, 3.63) is 30.0 Å². The molecular formula is C18H25N3O3. The zero-order chi connectivity index (χ0) is 17.1. The molecule has 2 heterocycles. The predicted octanol–water partition coefficient (Wildman–Crippen LogP) is 1.68. The lowest BCUT2D eigenvalue weighted by atomic mass is 10.1. The van der Waals surface area contributed by atoms with Crippen LogP contribution in [0.25, 0.3) is 10.9 Å². The van der Waals surface area contributed by atoms with E-state index in [2.05, 4.69) is 4.98 Å². The topological polar surface area (TPSA) is 80.6 Å². The van der Waals surface area contributed by atoms with Crippen molar-refractivity contribution in [3.63, 3.8) is 0 Å². The highest BCUT2D eigenvalue weighted by atomic mass is 16.5. The maximum atomic E-state index is 12.5. The van der Waals surface area contributed by atoms with Crippen LogP contribution >= 0.6 is 0 Å². The number of para-hydroxylation sites is 1. The number of nitrogens with two attached hydrogens (primary N) is 1. The van der Waals surface area contributed by atoms with Gasteiger partial charge in [0.2, 0.25) is 0 Å².